The summed E-state index contributed by atoms with van der Waals surface area (Å²) in [6, 6.07) is 2.84. The predicted molar refractivity (Wildman–Crippen MR) is 56.5 cm³/mol. The van der Waals surface area contributed by atoms with Crippen molar-refractivity contribution in [2.75, 3.05) is 0 Å². The molecule has 0 amide bonds. The minimum atomic E-state index is -4.73. The number of halogens is 4. The molecule has 16 heavy (non-hydrogen) atoms. The highest BCUT2D eigenvalue weighted by molar-refractivity contribution is 9.10. The maximum atomic E-state index is 12.6. The Balaban J connectivity index is 3.59. The molecule has 1 aromatic carbocycles. The Labute approximate surface area is 98.8 Å². The lowest BCUT2D eigenvalue weighted by atomic mass is 10.2. The third-order valence-electron chi connectivity index (χ3n) is 1.77. The van der Waals surface area contributed by atoms with Crippen molar-refractivity contribution in [2.45, 2.75) is 11.1 Å². The van der Waals surface area contributed by atoms with Crippen LogP contribution in [0.15, 0.2) is 39.6 Å². The number of hydrogen-bond acceptors (Lipinski definition) is 2. The second-order valence-electron chi connectivity index (χ2n) is 2.85. The van der Waals surface area contributed by atoms with Gasteiger partial charge in [-0.1, -0.05) is 22.5 Å². The van der Waals surface area contributed by atoms with Crippen molar-refractivity contribution in [1.29, 1.82) is 0 Å². The fraction of sp³-hybridized carbons (Fsp3) is 0.111. The summed E-state index contributed by atoms with van der Waals surface area (Å²) in [5.41, 5.74) is -1.21. The molecule has 1 rings (SSSR count). The van der Waals surface area contributed by atoms with Gasteiger partial charge < -0.3 is 0 Å². The van der Waals surface area contributed by atoms with E-state index >= 15 is 0 Å². The summed E-state index contributed by atoms with van der Waals surface area (Å²) in [6.45, 7) is 2.99. The molecule has 0 unspecified atom stereocenters. The molecule has 0 aliphatic heterocycles. The lowest BCUT2D eigenvalue weighted by Gasteiger charge is -2.11. The number of hydrogen-bond donors (Lipinski definition) is 0. The van der Waals surface area contributed by atoms with Crippen molar-refractivity contribution in [3.63, 3.8) is 0 Å². The molecule has 0 bridgehead atoms. The minimum absolute atomic E-state index is 0.155. The lowest BCUT2D eigenvalue weighted by Crippen LogP contribution is -2.11. The van der Waals surface area contributed by atoms with Crippen LogP contribution in [0.3, 0.4) is 0 Å². The highest BCUT2D eigenvalue weighted by Crippen LogP contribution is 2.36. The Morgan fingerprint density at radius 3 is 2.31 bits per heavy atom. The van der Waals surface area contributed by atoms with Crippen LogP contribution in [0.4, 0.5) is 13.2 Å². The maximum Gasteiger partial charge on any atom is 0.417 e. The molecule has 0 spiro atoms. The second-order valence-corrected chi connectivity index (χ2v) is 5.63. The van der Waals surface area contributed by atoms with Gasteiger partial charge in [0.25, 0.3) is 0 Å². The summed E-state index contributed by atoms with van der Waals surface area (Å²) in [5.74, 6) is 0. The molecule has 2 nitrogen and oxygen atoms in total. The summed E-state index contributed by atoms with van der Waals surface area (Å²) in [7, 11) is -4.11. The van der Waals surface area contributed by atoms with Gasteiger partial charge in [-0.3, -0.25) is 0 Å². The molecule has 0 heterocycles. The van der Waals surface area contributed by atoms with Crippen LogP contribution in [0.5, 0.6) is 0 Å². The van der Waals surface area contributed by atoms with E-state index in [0.29, 0.717) is 5.41 Å². The van der Waals surface area contributed by atoms with E-state index in [0.717, 1.165) is 12.1 Å². The molecule has 7 heteroatoms. The van der Waals surface area contributed by atoms with E-state index < -0.39 is 26.5 Å². The molecule has 88 valence electrons. The fourth-order valence-electron chi connectivity index (χ4n) is 1.06. The predicted octanol–water partition coefficient (Wildman–Crippen LogP) is 3.39. The molecule has 0 aliphatic rings. The van der Waals surface area contributed by atoms with E-state index in [9.17, 15) is 21.6 Å². The van der Waals surface area contributed by atoms with Crippen molar-refractivity contribution in [2.24, 2.45) is 0 Å². The Morgan fingerprint density at radius 1 is 1.31 bits per heavy atom. The molecule has 0 N–H and O–H groups in total. The standard InChI is InChI=1S/C9H6BrF3O2S/c1-2-16(14,15)8-4-3-6(10)5-7(8)9(11,12)13/h2-5H,1H2. The van der Waals surface area contributed by atoms with E-state index in [-0.39, 0.29) is 4.47 Å². The number of benzene rings is 1. The van der Waals surface area contributed by atoms with Crippen molar-refractivity contribution in [3.8, 4) is 0 Å². The first-order valence-corrected chi connectivity index (χ1v) is 6.26. The van der Waals surface area contributed by atoms with Crippen LogP contribution in [-0.4, -0.2) is 8.42 Å². The number of rotatable bonds is 2. The first kappa shape index (κ1) is 13.2. The Kier molecular flexibility index (Phi) is 3.49. The number of alkyl halides is 3. The molecule has 0 saturated carbocycles. The van der Waals surface area contributed by atoms with Gasteiger partial charge in [0.2, 0.25) is 0 Å². The highest BCUT2D eigenvalue weighted by atomic mass is 79.9. The van der Waals surface area contributed by atoms with E-state index in [1.165, 1.54) is 6.07 Å². The first-order chi connectivity index (χ1) is 7.18. The van der Waals surface area contributed by atoms with Crippen molar-refractivity contribution in [3.05, 3.63) is 40.2 Å². The molecule has 0 saturated heterocycles. The summed E-state index contributed by atoms with van der Waals surface area (Å²) in [4.78, 5) is -0.793. The Morgan fingerprint density at radius 2 is 1.88 bits per heavy atom. The molecular formula is C9H6BrF3O2S. The van der Waals surface area contributed by atoms with Gasteiger partial charge >= 0.3 is 6.18 Å². The van der Waals surface area contributed by atoms with Gasteiger partial charge in [-0.25, -0.2) is 8.42 Å². The van der Waals surface area contributed by atoms with E-state index in [4.69, 9.17) is 0 Å². The third kappa shape index (κ3) is 2.65. The van der Waals surface area contributed by atoms with Gasteiger partial charge in [-0.15, -0.1) is 0 Å². The lowest BCUT2D eigenvalue weighted by molar-refractivity contribution is -0.139. The van der Waals surface area contributed by atoms with E-state index in [2.05, 4.69) is 22.5 Å². The largest absolute Gasteiger partial charge is 0.417 e. The second kappa shape index (κ2) is 4.21. The maximum absolute atomic E-state index is 12.6. The smallest absolute Gasteiger partial charge is 0.219 e. The topological polar surface area (TPSA) is 34.1 Å². The van der Waals surface area contributed by atoms with Crippen molar-refractivity contribution >= 4 is 25.8 Å². The molecular weight excluding hydrogens is 309 g/mol. The summed E-state index contributed by atoms with van der Waals surface area (Å²) in [6.07, 6.45) is -4.73. The minimum Gasteiger partial charge on any atom is -0.219 e. The molecule has 0 atom stereocenters. The van der Waals surface area contributed by atoms with Crippen LogP contribution >= 0.6 is 15.9 Å². The quantitative estimate of drug-likeness (QED) is 0.838. The average Bonchev–Trinajstić information content (AvgIpc) is 2.16. The van der Waals surface area contributed by atoms with Gasteiger partial charge in [0.15, 0.2) is 9.84 Å². The Hall–Kier alpha value is -0.820. The zero-order chi connectivity index (χ0) is 12.6. The van der Waals surface area contributed by atoms with Crippen LogP contribution in [-0.2, 0) is 16.0 Å². The zero-order valence-electron chi connectivity index (χ0n) is 7.75. The molecule has 0 aromatic heterocycles. The summed E-state index contributed by atoms with van der Waals surface area (Å²) in [5, 5.41) is 0.492. The average molecular weight is 315 g/mol. The van der Waals surface area contributed by atoms with Crippen LogP contribution in [0.25, 0.3) is 0 Å². The molecule has 0 aliphatic carbocycles. The SMILES string of the molecule is C=CS(=O)(=O)c1ccc(Br)cc1C(F)(F)F. The van der Waals surface area contributed by atoms with Crippen LogP contribution in [0.2, 0.25) is 0 Å². The zero-order valence-corrected chi connectivity index (χ0v) is 10.2. The summed E-state index contributed by atoms with van der Waals surface area (Å²) < 4.78 is 60.6. The molecule has 0 fully saturated rings. The number of sulfone groups is 1. The van der Waals surface area contributed by atoms with Crippen LogP contribution in [0, 0.1) is 0 Å². The van der Waals surface area contributed by atoms with E-state index in [1.54, 1.807) is 0 Å². The summed E-state index contributed by atoms with van der Waals surface area (Å²) >= 11 is 2.86. The van der Waals surface area contributed by atoms with E-state index in [1.807, 2.05) is 0 Å². The Bertz CT molecular complexity index is 520. The third-order valence-corrected chi connectivity index (χ3v) is 3.67. The first-order valence-electron chi connectivity index (χ1n) is 3.93. The molecule has 0 radical (unpaired) electrons. The van der Waals surface area contributed by atoms with Crippen LogP contribution < -0.4 is 0 Å². The van der Waals surface area contributed by atoms with Gasteiger partial charge in [0, 0.05) is 9.88 Å². The van der Waals surface area contributed by atoms with Crippen molar-refractivity contribution < 1.29 is 21.6 Å². The normalized spacial score (nSPS) is 12.5. The molecule has 1 aromatic rings. The van der Waals surface area contributed by atoms with Gasteiger partial charge in [0.1, 0.15) is 0 Å². The monoisotopic (exact) mass is 314 g/mol. The van der Waals surface area contributed by atoms with Gasteiger partial charge in [-0.05, 0) is 18.2 Å². The van der Waals surface area contributed by atoms with Crippen LogP contribution in [0.1, 0.15) is 5.56 Å². The van der Waals surface area contributed by atoms with Gasteiger partial charge in [-0.2, -0.15) is 13.2 Å². The van der Waals surface area contributed by atoms with Gasteiger partial charge in [0.05, 0.1) is 10.5 Å². The van der Waals surface area contributed by atoms with Crippen molar-refractivity contribution in [1.82, 2.24) is 0 Å². The highest BCUT2D eigenvalue weighted by Gasteiger charge is 2.36. The fourth-order valence-corrected chi connectivity index (χ4v) is 2.34.